The molecule has 0 spiro atoms. The van der Waals surface area contributed by atoms with Gasteiger partial charge in [0.25, 0.3) is 0 Å². The Morgan fingerprint density at radius 2 is 1.50 bits per heavy atom. The molecule has 98 valence electrons. The van der Waals surface area contributed by atoms with E-state index >= 15 is 0 Å². The van der Waals surface area contributed by atoms with Gasteiger partial charge in [-0.15, -0.1) is 0 Å². The molecule has 1 nitrogen and oxygen atoms in total. The third kappa shape index (κ3) is 2.47. The Balaban J connectivity index is 1.67. The van der Waals surface area contributed by atoms with Crippen LogP contribution < -0.4 is 5.73 Å². The summed E-state index contributed by atoms with van der Waals surface area (Å²) in [5.41, 5.74) is 9.22. The van der Waals surface area contributed by atoms with Crippen molar-refractivity contribution in [3.8, 4) is 0 Å². The first kappa shape index (κ1) is 12.2. The number of benzene rings is 1. The molecule has 2 aliphatic rings. The first-order valence-corrected chi connectivity index (χ1v) is 7.70. The van der Waals surface area contributed by atoms with Gasteiger partial charge in [0.05, 0.1) is 0 Å². The highest BCUT2D eigenvalue weighted by Gasteiger charge is 2.25. The molecule has 0 radical (unpaired) electrons. The molecule has 1 aromatic carbocycles. The Labute approximate surface area is 111 Å². The summed E-state index contributed by atoms with van der Waals surface area (Å²) in [5, 5.41) is 0. The number of hydrogen-bond donors (Lipinski definition) is 1. The molecule has 0 heterocycles. The van der Waals surface area contributed by atoms with Gasteiger partial charge in [0.1, 0.15) is 0 Å². The molecule has 0 aromatic heterocycles. The van der Waals surface area contributed by atoms with Crippen molar-refractivity contribution in [1.82, 2.24) is 0 Å². The molecular weight excluding hydrogens is 218 g/mol. The molecule has 18 heavy (non-hydrogen) atoms. The Kier molecular flexibility index (Phi) is 3.69. The predicted octanol–water partition coefficient (Wildman–Crippen LogP) is 4.53. The fourth-order valence-electron chi connectivity index (χ4n) is 3.50. The van der Waals surface area contributed by atoms with Crippen LogP contribution in [-0.2, 0) is 0 Å². The van der Waals surface area contributed by atoms with Gasteiger partial charge in [-0.1, -0.05) is 49.9 Å². The predicted molar refractivity (Wildman–Crippen MR) is 76.5 cm³/mol. The van der Waals surface area contributed by atoms with Crippen molar-refractivity contribution in [1.29, 1.82) is 0 Å². The van der Waals surface area contributed by atoms with Gasteiger partial charge in [0, 0.05) is 6.04 Å². The summed E-state index contributed by atoms with van der Waals surface area (Å²) in [4.78, 5) is 0. The Bertz CT molecular complexity index is 350. The molecule has 1 unspecified atom stereocenters. The van der Waals surface area contributed by atoms with Gasteiger partial charge in [0.15, 0.2) is 0 Å². The van der Waals surface area contributed by atoms with E-state index in [1.54, 1.807) is 5.56 Å². The first-order chi connectivity index (χ1) is 8.84. The topological polar surface area (TPSA) is 26.0 Å². The zero-order valence-electron chi connectivity index (χ0n) is 11.3. The van der Waals surface area contributed by atoms with Crippen molar-refractivity contribution in [2.45, 2.75) is 63.3 Å². The number of hydrogen-bond acceptors (Lipinski definition) is 1. The maximum Gasteiger partial charge on any atom is 0.0323 e. The average Bonchev–Trinajstić information content (AvgIpc) is 2.38. The van der Waals surface area contributed by atoms with Crippen molar-refractivity contribution in [2.24, 2.45) is 11.7 Å². The van der Waals surface area contributed by atoms with Crippen molar-refractivity contribution in [3.63, 3.8) is 0 Å². The summed E-state index contributed by atoms with van der Waals surface area (Å²) >= 11 is 0. The lowest BCUT2D eigenvalue weighted by molar-refractivity contribution is 0.264. The van der Waals surface area contributed by atoms with Gasteiger partial charge in [-0.3, -0.25) is 0 Å². The Morgan fingerprint density at radius 3 is 2.06 bits per heavy atom. The second kappa shape index (κ2) is 5.44. The van der Waals surface area contributed by atoms with Crippen LogP contribution in [0.25, 0.3) is 0 Å². The first-order valence-electron chi connectivity index (χ1n) is 7.70. The van der Waals surface area contributed by atoms with Gasteiger partial charge < -0.3 is 5.73 Å². The van der Waals surface area contributed by atoms with E-state index in [0.29, 0.717) is 0 Å². The molecular formula is C17H25N. The van der Waals surface area contributed by atoms with Crippen LogP contribution in [0.3, 0.4) is 0 Å². The maximum absolute atomic E-state index is 6.33. The second-order valence-corrected chi connectivity index (χ2v) is 6.22. The molecule has 1 heteroatoms. The normalized spacial score (nSPS) is 23.6. The fourth-order valence-corrected chi connectivity index (χ4v) is 3.50. The molecule has 0 amide bonds. The van der Waals surface area contributed by atoms with Gasteiger partial charge >= 0.3 is 0 Å². The van der Waals surface area contributed by atoms with E-state index in [1.807, 2.05) is 0 Å². The highest BCUT2D eigenvalue weighted by Crippen LogP contribution is 2.37. The van der Waals surface area contributed by atoms with Crippen LogP contribution in [0.5, 0.6) is 0 Å². The molecule has 1 aromatic rings. The monoisotopic (exact) mass is 243 g/mol. The van der Waals surface area contributed by atoms with Crippen LogP contribution in [0.2, 0.25) is 0 Å². The van der Waals surface area contributed by atoms with Crippen LogP contribution in [0.15, 0.2) is 24.3 Å². The smallest absolute Gasteiger partial charge is 0.0323 e. The number of rotatable bonds is 3. The van der Waals surface area contributed by atoms with E-state index in [0.717, 1.165) is 11.8 Å². The second-order valence-electron chi connectivity index (χ2n) is 6.22. The minimum atomic E-state index is 0.277. The highest BCUT2D eigenvalue weighted by molar-refractivity contribution is 5.28. The Hall–Kier alpha value is -0.820. The maximum atomic E-state index is 6.33. The molecule has 2 N–H and O–H groups in total. The molecule has 0 saturated heterocycles. The van der Waals surface area contributed by atoms with Crippen molar-refractivity contribution >= 4 is 0 Å². The van der Waals surface area contributed by atoms with Crippen molar-refractivity contribution in [2.75, 3.05) is 0 Å². The fraction of sp³-hybridized carbons (Fsp3) is 0.647. The minimum Gasteiger partial charge on any atom is -0.324 e. The van der Waals surface area contributed by atoms with E-state index in [9.17, 15) is 0 Å². The summed E-state index contributed by atoms with van der Waals surface area (Å²) in [6, 6.07) is 9.52. The largest absolute Gasteiger partial charge is 0.324 e. The third-order valence-corrected chi connectivity index (χ3v) is 5.06. The molecule has 0 aliphatic heterocycles. The van der Waals surface area contributed by atoms with E-state index in [1.165, 1.54) is 56.9 Å². The SMILES string of the molecule is NC(c1ccc(C2CCCCC2)cc1)C1CCC1. The van der Waals surface area contributed by atoms with Gasteiger partial charge in [-0.2, -0.15) is 0 Å². The molecule has 0 bridgehead atoms. The van der Waals surface area contributed by atoms with E-state index < -0.39 is 0 Å². The van der Waals surface area contributed by atoms with Crippen LogP contribution in [0, 0.1) is 5.92 Å². The standard InChI is InChI=1S/C17H25N/c18-17(15-7-4-8-15)16-11-9-14(10-12-16)13-5-2-1-3-6-13/h9-13,15,17H,1-8,18H2. The molecule has 1 atom stereocenters. The van der Waals surface area contributed by atoms with E-state index in [-0.39, 0.29) is 6.04 Å². The summed E-state index contributed by atoms with van der Waals surface area (Å²) in [6.07, 6.45) is 11.0. The molecule has 2 fully saturated rings. The van der Waals surface area contributed by atoms with Crippen LogP contribution >= 0.6 is 0 Å². The lowest BCUT2D eigenvalue weighted by Crippen LogP contribution is -2.26. The quantitative estimate of drug-likeness (QED) is 0.829. The summed E-state index contributed by atoms with van der Waals surface area (Å²) in [6.45, 7) is 0. The van der Waals surface area contributed by atoms with E-state index in [2.05, 4.69) is 24.3 Å². The highest BCUT2D eigenvalue weighted by atomic mass is 14.7. The molecule has 3 rings (SSSR count). The minimum absolute atomic E-state index is 0.277. The zero-order chi connectivity index (χ0) is 12.4. The van der Waals surface area contributed by atoms with Crippen molar-refractivity contribution < 1.29 is 0 Å². The van der Waals surface area contributed by atoms with Crippen LogP contribution in [-0.4, -0.2) is 0 Å². The lowest BCUT2D eigenvalue weighted by Gasteiger charge is -2.31. The number of nitrogens with two attached hydrogens (primary N) is 1. The zero-order valence-corrected chi connectivity index (χ0v) is 11.3. The average molecular weight is 243 g/mol. The van der Waals surface area contributed by atoms with E-state index in [4.69, 9.17) is 5.73 Å². The van der Waals surface area contributed by atoms with Gasteiger partial charge in [-0.25, -0.2) is 0 Å². The Morgan fingerprint density at radius 1 is 0.833 bits per heavy atom. The summed E-state index contributed by atoms with van der Waals surface area (Å²) in [5.74, 6) is 1.55. The van der Waals surface area contributed by atoms with Crippen molar-refractivity contribution in [3.05, 3.63) is 35.4 Å². The van der Waals surface area contributed by atoms with Crippen LogP contribution in [0.4, 0.5) is 0 Å². The van der Waals surface area contributed by atoms with Gasteiger partial charge in [0.2, 0.25) is 0 Å². The third-order valence-electron chi connectivity index (χ3n) is 5.06. The summed E-state index contributed by atoms with van der Waals surface area (Å²) < 4.78 is 0. The molecule has 2 aliphatic carbocycles. The molecule has 2 saturated carbocycles. The lowest BCUT2D eigenvalue weighted by atomic mass is 9.77. The van der Waals surface area contributed by atoms with Crippen LogP contribution in [0.1, 0.15) is 74.5 Å². The van der Waals surface area contributed by atoms with Gasteiger partial charge in [-0.05, 0) is 48.6 Å². The summed E-state index contributed by atoms with van der Waals surface area (Å²) in [7, 11) is 0.